The van der Waals surface area contributed by atoms with Crippen molar-refractivity contribution in [3.8, 4) is 0 Å². The van der Waals surface area contributed by atoms with Crippen LogP contribution in [0.15, 0.2) is 41.7 Å². The summed E-state index contributed by atoms with van der Waals surface area (Å²) < 4.78 is 0. The maximum absolute atomic E-state index is 4.27. The Morgan fingerprint density at radius 1 is 1.75 bits per heavy atom. The lowest BCUT2D eigenvalue weighted by molar-refractivity contribution is 0.912. The van der Waals surface area contributed by atoms with Crippen LogP contribution in [0.25, 0.3) is 0 Å². The topological polar surface area (TPSA) is 24.4 Å². The normalized spacial score (nSPS) is 16.8. The number of aliphatic imine (C=N–C) groups is 1. The smallest absolute Gasteiger partial charge is 0.0555 e. The van der Waals surface area contributed by atoms with Gasteiger partial charge in [-0.1, -0.05) is 13.2 Å². The van der Waals surface area contributed by atoms with Crippen LogP contribution in [-0.2, 0) is 0 Å². The average Bonchev–Trinajstić information content (AvgIpc) is 2.56. The zero-order valence-corrected chi connectivity index (χ0v) is 7.43. The summed E-state index contributed by atoms with van der Waals surface area (Å²) in [6, 6.07) is 0. The summed E-state index contributed by atoms with van der Waals surface area (Å²) in [4.78, 5) is 4.27. The van der Waals surface area contributed by atoms with E-state index in [9.17, 15) is 0 Å². The summed E-state index contributed by atoms with van der Waals surface area (Å²) in [5.41, 5.74) is 3.02. The maximum Gasteiger partial charge on any atom is 0.0555 e. The lowest BCUT2D eigenvalue weighted by atomic mass is 10.1. The maximum atomic E-state index is 4.27. The van der Waals surface area contributed by atoms with E-state index in [4.69, 9.17) is 0 Å². The van der Waals surface area contributed by atoms with Crippen LogP contribution >= 0.6 is 0 Å². The minimum absolute atomic E-state index is 0.723. The van der Waals surface area contributed by atoms with Gasteiger partial charge >= 0.3 is 0 Å². The third-order valence-corrected chi connectivity index (χ3v) is 1.83. The first-order valence-electron chi connectivity index (χ1n) is 4.03. The van der Waals surface area contributed by atoms with Crippen LogP contribution in [-0.4, -0.2) is 12.3 Å². The molecular formula is C10H14N2. The van der Waals surface area contributed by atoms with Gasteiger partial charge in [-0.05, 0) is 25.0 Å². The van der Waals surface area contributed by atoms with Gasteiger partial charge in [-0.2, -0.15) is 0 Å². The minimum atomic E-state index is 0.723. The predicted octanol–water partition coefficient (Wildman–Crippen LogP) is 2.02. The largest absolute Gasteiger partial charge is 0.390 e. The molecule has 0 radical (unpaired) electrons. The molecule has 2 heteroatoms. The number of rotatable bonds is 3. The minimum Gasteiger partial charge on any atom is -0.390 e. The molecule has 1 aliphatic rings. The molecule has 0 aromatic heterocycles. The van der Waals surface area contributed by atoms with Crippen LogP contribution in [0.1, 0.15) is 13.3 Å². The average molecular weight is 162 g/mol. The van der Waals surface area contributed by atoms with Gasteiger partial charge in [0.25, 0.3) is 0 Å². The third-order valence-electron chi connectivity index (χ3n) is 1.83. The summed E-state index contributed by atoms with van der Waals surface area (Å²) in [6.07, 6.45) is 4.72. The predicted molar refractivity (Wildman–Crippen MR) is 53.1 cm³/mol. The van der Waals surface area contributed by atoms with E-state index in [0.29, 0.717) is 0 Å². The molecular weight excluding hydrogens is 148 g/mol. The molecule has 0 atom stereocenters. The zero-order valence-electron chi connectivity index (χ0n) is 7.43. The Bertz CT molecular complexity index is 259. The Kier molecular flexibility index (Phi) is 2.86. The second-order valence-electron chi connectivity index (χ2n) is 2.77. The molecule has 1 aliphatic heterocycles. The highest BCUT2D eigenvalue weighted by molar-refractivity contribution is 5.99. The Hall–Kier alpha value is -1.31. The molecule has 12 heavy (non-hydrogen) atoms. The fraction of sp³-hybridized carbons (Fsp3) is 0.300. The lowest BCUT2D eigenvalue weighted by Gasteiger charge is -1.98. The Morgan fingerprint density at radius 2 is 2.50 bits per heavy atom. The van der Waals surface area contributed by atoms with E-state index in [0.717, 1.165) is 24.4 Å². The molecule has 2 nitrogen and oxygen atoms in total. The van der Waals surface area contributed by atoms with Gasteiger partial charge in [-0.15, -0.1) is 0 Å². The van der Waals surface area contributed by atoms with Crippen LogP contribution in [0, 0.1) is 0 Å². The van der Waals surface area contributed by atoms with Crippen LogP contribution in [0.4, 0.5) is 0 Å². The fourth-order valence-corrected chi connectivity index (χ4v) is 1.09. The Balaban J connectivity index is 2.68. The molecule has 0 unspecified atom stereocenters. The molecule has 0 fully saturated rings. The molecule has 0 aromatic rings. The molecule has 1 rings (SSSR count). The first-order valence-corrected chi connectivity index (χ1v) is 4.03. The van der Waals surface area contributed by atoms with E-state index < -0.39 is 0 Å². The van der Waals surface area contributed by atoms with Gasteiger partial charge < -0.3 is 5.32 Å². The van der Waals surface area contributed by atoms with Crippen molar-refractivity contribution in [3.05, 3.63) is 36.7 Å². The zero-order chi connectivity index (χ0) is 8.97. The van der Waals surface area contributed by atoms with E-state index in [-0.39, 0.29) is 0 Å². The van der Waals surface area contributed by atoms with Gasteiger partial charge in [0.2, 0.25) is 0 Å². The lowest BCUT2D eigenvalue weighted by Crippen LogP contribution is -1.97. The van der Waals surface area contributed by atoms with E-state index >= 15 is 0 Å². The SMILES string of the molecule is C=CC(=C)/N=C(\C)C1=CNCC1. The van der Waals surface area contributed by atoms with Crippen molar-refractivity contribution in [2.45, 2.75) is 13.3 Å². The number of hydrogen-bond donors (Lipinski definition) is 1. The first kappa shape index (κ1) is 8.78. The first-order chi connectivity index (χ1) is 5.74. The van der Waals surface area contributed by atoms with Crippen LogP contribution in [0.3, 0.4) is 0 Å². The highest BCUT2D eigenvalue weighted by Crippen LogP contribution is 2.09. The molecule has 0 aromatic carbocycles. The van der Waals surface area contributed by atoms with Crippen molar-refractivity contribution in [3.63, 3.8) is 0 Å². The Morgan fingerprint density at radius 3 is 3.00 bits per heavy atom. The van der Waals surface area contributed by atoms with Gasteiger partial charge in [0.15, 0.2) is 0 Å². The summed E-state index contributed by atoms with van der Waals surface area (Å²) in [5.74, 6) is 0. The molecule has 1 heterocycles. The van der Waals surface area contributed by atoms with Crippen molar-refractivity contribution in [2.24, 2.45) is 4.99 Å². The van der Waals surface area contributed by atoms with E-state index in [1.807, 2.05) is 13.1 Å². The van der Waals surface area contributed by atoms with Gasteiger partial charge in [0.05, 0.1) is 5.70 Å². The summed E-state index contributed by atoms with van der Waals surface area (Å²) in [6.45, 7) is 10.3. The van der Waals surface area contributed by atoms with Crippen LogP contribution < -0.4 is 5.32 Å². The molecule has 1 N–H and O–H groups in total. The standard InChI is InChI=1S/C10H14N2/c1-4-8(2)12-9(3)10-5-6-11-7-10/h4,7,11H,1-2,5-6H2,3H3/b12-9+. The number of allylic oxidation sites excluding steroid dienone is 1. The second-order valence-corrected chi connectivity index (χ2v) is 2.77. The third kappa shape index (κ3) is 2.09. The summed E-state index contributed by atoms with van der Waals surface area (Å²) in [5, 5.41) is 3.15. The highest BCUT2D eigenvalue weighted by atomic mass is 14.9. The van der Waals surface area contributed by atoms with Crippen molar-refractivity contribution in [2.75, 3.05) is 6.54 Å². The molecule has 0 bridgehead atoms. The van der Waals surface area contributed by atoms with Gasteiger partial charge in [-0.3, -0.25) is 4.99 Å². The second kappa shape index (κ2) is 3.90. The van der Waals surface area contributed by atoms with Gasteiger partial charge in [0, 0.05) is 18.5 Å². The Labute approximate surface area is 73.4 Å². The number of nitrogens with zero attached hydrogens (tertiary/aromatic N) is 1. The highest BCUT2D eigenvalue weighted by Gasteiger charge is 2.06. The molecule has 64 valence electrons. The summed E-state index contributed by atoms with van der Waals surface area (Å²) in [7, 11) is 0. The molecule has 0 aliphatic carbocycles. The fourth-order valence-electron chi connectivity index (χ4n) is 1.09. The monoisotopic (exact) mass is 162 g/mol. The van der Waals surface area contributed by atoms with Crippen molar-refractivity contribution >= 4 is 5.71 Å². The molecule has 0 saturated carbocycles. The van der Waals surface area contributed by atoms with Crippen molar-refractivity contribution < 1.29 is 0 Å². The summed E-state index contributed by atoms with van der Waals surface area (Å²) >= 11 is 0. The molecule has 0 amide bonds. The molecule has 0 saturated heterocycles. The molecule has 0 spiro atoms. The van der Waals surface area contributed by atoms with E-state index in [2.05, 4.69) is 23.5 Å². The van der Waals surface area contributed by atoms with Crippen LogP contribution in [0.5, 0.6) is 0 Å². The number of hydrogen-bond acceptors (Lipinski definition) is 2. The van der Waals surface area contributed by atoms with Crippen molar-refractivity contribution in [1.29, 1.82) is 0 Å². The van der Waals surface area contributed by atoms with Crippen molar-refractivity contribution in [1.82, 2.24) is 5.32 Å². The van der Waals surface area contributed by atoms with Gasteiger partial charge in [-0.25, -0.2) is 0 Å². The number of nitrogens with one attached hydrogen (secondary N) is 1. The van der Waals surface area contributed by atoms with E-state index in [1.165, 1.54) is 5.57 Å². The van der Waals surface area contributed by atoms with Crippen LogP contribution in [0.2, 0.25) is 0 Å². The quantitative estimate of drug-likeness (QED) is 0.498. The van der Waals surface area contributed by atoms with Gasteiger partial charge in [0.1, 0.15) is 0 Å². The van der Waals surface area contributed by atoms with E-state index in [1.54, 1.807) is 6.08 Å².